The van der Waals surface area contributed by atoms with Gasteiger partial charge in [0.25, 0.3) is 5.56 Å². The first-order chi connectivity index (χ1) is 12.7. The Labute approximate surface area is 150 Å². The van der Waals surface area contributed by atoms with Gasteiger partial charge in [0.2, 0.25) is 0 Å². The van der Waals surface area contributed by atoms with Crippen LogP contribution < -0.4 is 11.3 Å². The molecule has 0 unspecified atom stereocenters. The molecule has 4 N–H and O–H groups in total. The Morgan fingerprint density at radius 3 is 2.73 bits per heavy atom. The molecule has 4 aromatic rings. The summed E-state index contributed by atoms with van der Waals surface area (Å²) in [5.41, 5.74) is 9.76. The average Bonchev–Trinajstić information content (AvgIpc) is 3.20. The summed E-state index contributed by atoms with van der Waals surface area (Å²) >= 11 is 0. The van der Waals surface area contributed by atoms with Crippen LogP contribution in [-0.2, 0) is 6.42 Å². The molecule has 130 valence electrons. The van der Waals surface area contributed by atoms with E-state index in [4.69, 9.17) is 5.73 Å². The fourth-order valence-corrected chi connectivity index (χ4v) is 3.52. The number of aryl methyl sites for hydroxylation is 1. The third-order valence-electron chi connectivity index (χ3n) is 4.82. The van der Waals surface area contributed by atoms with Gasteiger partial charge in [-0.1, -0.05) is 24.8 Å². The van der Waals surface area contributed by atoms with E-state index in [1.165, 1.54) is 5.56 Å². The molecule has 0 aliphatic rings. The van der Waals surface area contributed by atoms with Gasteiger partial charge in [-0.25, -0.2) is 0 Å². The second-order valence-electron chi connectivity index (χ2n) is 6.38. The van der Waals surface area contributed by atoms with Crippen LogP contribution in [0.5, 0.6) is 0 Å². The van der Waals surface area contributed by atoms with E-state index in [1.807, 2.05) is 6.20 Å². The molecule has 0 radical (unpaired) electrons. The molecule has 0 bridgehead atoms. The number of fused-ring (bicyclic) bond motifs is 3. The van der Waals surface area contributed by atoms with Crippen molar-refractivity contribution < 1.29 is 0 Å². The Kier molecular flexibility index (Phi) is 4.14. The first-order valence-corrected chi connectivity index (χ1v) is 8.65. The number of nitrogens with two attached hydrogens (primary N) is 1. The summed E-state index contributed by atoms with van der Waals surface area (Å²) in [7, 11) is 0. The van der Waals surface area contributed by atoms with Crippen LogP contribution in [0.2, 0.25) is 0 Å². The molecule has 2 aromatic carbocycles. The van der Waals surface area contributed by atoms with Crippen molar-refractivity contribution >= 4 is 27.6 Å². The molecular weight excluding hydrogens is 324 g/mol. The number of H-pyrrole nitrogens is 2. The van der Waals surface area contributed by atoms with E-state index < -0.39 is 0 Å². The SMILES string of the molecule is C=Cc1c[nH]c(=O)c2c1cc(CCCN)c1ccc(-c3cn[nH]c3)cc12. The van der Waals surface area contributed by atoms with Crippen molar-refractivity contribution in [3.05, 3.63) is 70.9 Å². The Balaban J connectivity index is 2.12. The largest absolute Gasteiger partial charge is 0.330 e. The summed E-state index contributed by atoms with van der Waals surface area (Å²) in [5.74, 6) is 0. The molecule has 0 aliphatic carbocycles. The van der Waals surface area contributed by atoms with Gasteiger partial charge in [0.05, 0.1) is 11.6 Å². The van der Waals surface area contributed by atoms with E-state index in [0.717, 1.165) is 45.7 Å². The number of aromatic nitrogens is 3. The molecule has 0 amide bonds. The number of nitrogens with one attached hydrogen (secondary N) is 2. The molecule has 0 fully saturated rings. The van der Waals surface area contributed by atoms with Gasteiger partial charge in [0.15, 0.2) is 0 Å². The van der Waals surface area contributed by atoms with E-state index in [9.17, 15) is 4.79 Å². The van der Waals surface area contributed by atoms with Gasteiger partial charge in [-0.05, 0) is 64.4 Å². The number of rotatable bonds is 5. The van der Waals surface area contributed by atoms with Gasteiger partial charge in [0.1, 0.15) is 0 Å². The second-order valence-corrected chi connectivity index (χ2v) is 6.38. The zero-order chi connectivity index (χ0) is 18.1. The van der Waals surface area contributed by atoms with Crippen LogP contribution in [0.4, 0.5) is 0 Å². The Bertz CT molecular complexity index is 1160. The lowest BCUT2D eigenvalue weighted by Gasteiger charge is -2.13. The van der Waals surface area contributed by atoms with Gasteiger partial charge < -0.3 is 10.7 Å². The van der Waals surface area contributed by atoms with Crippen molar-refractivity contribution in [1.29, 1.82) is 0 Å². The van der Waals surface area contributed by atoms with E-state index >= 15 is 0 Å². The molecule has 0 spiro atoms. The van der Waals surface area contributed by atoms with Crippen molar-refractivity contribution in [2.45, 2.75) is 12.8 Å². The zero-order valence-corrected chi connectivity index (χ0v) is 14.4. The molecule has 26 heavy (non-hydrogen) atoms. The number of hydrogen-bond acceptors (Lipinski definition) is 3. The van der Waals surface area contributed by atoms with Crippen LogP contribution >= 0.6 is 0 Å². The smallest absolute Gasteiger partial charge is 0.256 e. The van der Waals surface area contributed by atoms with E-state index in [0.29, 0.717) is 11.9 Å². The molecule has 4 rings (SSSR count). The van der Waals surface area contributed by atoms with Gasteiger partial charge in [-0.2, -0.15) is 5.10 Å². The molecule has 0 atom stereocenters. The van der Waals surface area contributed by atoms with Gasteiger partial charge >= 0.3 is 0 Å². The van der Waals surface area contributed by atoms with Crippen LogP contribution in [-0.4, -0.2) is 21.7 Å². The van der Waals surface area contributed by atoms with Gasteiger partial charge in [-0.15, -0.1) is 0 Å². The van der Waals surface area contributed by atoms with Crippen molar-refractivity contribution in [2.24, 2.45) is 5.73 Å². The van der Waals surface area contributed by atoms with E-state index in [2.05, 4.69) is 46.0 Å². The second kappa shape index (κ2) is 6.61. The molecule has 5 nitrogen and oxygen atoms in total. The standard InChI is InChI=1S/C21H20N4O/c1-2-13-10-23-21(26)20-18(13)9-15(4-3-7-22)17-6-5-14(8-19(17)20)16-11-24-25-12-16/h2,5-6,8-12H,1,3-4,7,22H2,(H,23,26)(H,24,25). The van der Waals surface area contributed by atoms with Crippen molar-refractivity contribution in [1.82, 2.24) is 15.2 Å². The number of hydrogen-bond donors (Lipinski definition) is 3. The molecule has 0 saturated heterocycles. The quantitative estimate of drug-likeness (QED) is 0.483. The molecular formula is C21H20N4O. The number of benzene rings is 2. The maximum atomic E-state index is 12.7. The highest BCUT2D eigenvalue weighted by atomic mass is 16.1. The minimum Gasteiger partial charge on any atom is -0.330 e. The maximum Gasteiger partial charge on any atom is 0.256 e. The first kappa shape index (κ1) is 16.3. The summed E-state index contributed by atoms with van der Waals surface area (Å²) in [5, 5.41) is 10.5. The minimum absolute atomic E-state index is 0.0923. The molecule has 2 aromatic heterocycles. The van der Waals surface area contributed by atoms with Crippen molar-refractivity contribution in [3.63, 3.8) is 0 Å². The lowest BCUT2D eigenvalue weighted by molar-refractivity contribution is 0.838. The predicted molar refractivity (Wildman–Crippen MR) is 107 cm³/mol. The number of pyridine rings is 1. The predicted octanol–water partition coefficient (Wildman–Crippen LogP) is 3.61. The summed E-state index contributed by atoms with van der Waals surface area (Å²) < 4.78 is 0. The minimum atomic E-state index is -0.0923. The van der Waals surface area contributed by atoms with Gasteiger partial charge in [0, 0.05) is 18.0 Å². The summed E-state index contributed by atoms with van der Waals surface area (Å²) in [6.07, 6.45) is 8.89. The molecule has 0 aliphatic heterocycles. The van der Waals surface area contributed by atoms with E-state index in [1.54, 1.807) is 18.5 Å². The maximum absolute atomic E-state index is 12.7. The highest BCUT2D eigenvalue weighted by molar-refractivity contribution is 6.11. The summed E-state index contributed by atoms with van der Waals surface area (Å²) in [6, 6.07) is 8.33. The van der Waals surface area contributed by atoms with Crippen LogP contribution in [0.25, 0.3) is 38.7 Å². The number of nitrogens with zero attached hydrogens (tertiary/aromatic N) is 1. The lowest BCUT2D eigenvalue weighted by Crippen LogP contribution is -2.08. The normalized spacial score (nSPS) is 11.3. The topological polar surface area (TPSA) is 87.6 Å². The highest BCUT2D eigenvalue weighted by Gasteiger charge is 2.13. The lowest BCUT2D eigenvalue weighted by atomic mass is 9.92. The monoisotopic (exact) mass is 344 g/mol. The van der Waals surface area contributed by atoms with Crippen LogP contribution in [0.3, 0.4) is 0 Å². The fourth-order valence-electron chi connectivity index (χ4n) is 3.52. The third kappa shape index (κ3) is 2.62. The zero-order valence-electron chi connectivity index (χ0n) is 14.4. The summed E-state index contributed by atoms with van der Waals surface area (Å²) in [4.78, 5) is 15.5. The number of aromatic amines is 2. The fraction of sp³-hybridized carbons (Fsp3) is 0.143. The Morgan fingerprint density at radius 2 is 2.00 bits per heavy atom. The third-order valence-corrected chi connectivity index (χ3v) is 4.82. The average molecular weight is 344 g/mol. The van der Waals surface area contributed by atoms with Crippen LogP contribution in [0, 0.1) is 0 Å². The van der Waals surface area contributed by atoms with E-state index in [-0.39, 0.29) is 5.56 Å². The van der Waals surface area contributed by atoms with Crippen LogP contribution in [0.1, 0.15) is 17.5 Å². The highest BCUT2D eigenvalue weighted by Crippen LogP contribution is 2.32. The first-order valence-electron chi connectivity index (χ1n) is 8.65. The van der Waals surface area contributed by atoms with Gasteiger partial charge in [-0.3, -0.25) is 9.89 Å². The molecule has 2 heterocycles. The van der Waals surface area contributed by atoms with Crippen molar-refractivity contribution in [3.8, 4) is 11.1 Å². The Morgan fingerprint density at radius 1 is 1.12 bits per heavy atom. The Hall–Kier alpha value is -3.18. The molecule has 5 heteroatoms. The van der Waals surface area contributed by atoms with Crippen molar-refractivity contribution in [2.75, 3.05) is 6.54 Å². The summed E-state index contributed by atoms with van der Waals surface area (Å²) in [6.45, 7) is 4.52. The molecule has 0 saturated carbocycles. The van der Waals surface area contributed by atoms with Crippen LogP contribution in [0.15, 0.2) is 54.2 Å².